The van der Waals surface area contributed by atoms with Gasteiger partial charge in [0.25, 0.3) is 0 Å². The van der Waals surface area contributed by atoms with Crippen LogP contribution in [0.1, 0.15) is 16.7 Å². The molecule has 3 rings (SSSR count). The summed E-state index contributed by atoms with van der Waals surface area (Å²) >= 11 is 0. The number of piperazine rings is 1. The molecule has 27 heavy (non-hydrogen) atoms. The lowest BCUT2D eigenvalue weighted by Crippen LogP contribution is -2.50. The third kappa shape index (κ3) is 5.01. The van der Waals surface area contributed by atoms with Gasteiger partial charge in [0, 0.05) is 38.4 Å². The zero-order valence-corrected chi connectivity index (χ0v) is 16.5. The predicted molar refractivity (Wildman–Crippen MR) is 110 cm³/mol. The van der Waals surface area contributed by atoms with Gasteiger partial charge in [0.1, 0.15) is 5.75 Å². The molecule has 0 aliphatic carbocycles. The zero-order valence-electron chi connectivity index (χ0n) is 16.5. The maximum absolute atomic E-state index is 12.6. The summed E-state index contributed by atoms with van der Waals surface area (Å²) in [7, 11) is 1.69. The molecule has 5 heteroatoms. The molecule has 0 unspecified atom stereocenters. The first-order chi connectivity index (χ1) is 13.1. The summed E-state index contributed by atoms with van der Waals surface area (Å²) in [6.07, 6.45) is 1.01. The number of methoxy groups -OCH3 is 1. The minimum Gasteiger partial charge on any atom is -0.497 e. The molecule has 0 aromatic heterocycles. The number of nitrogens with zero attached hydrogens (tertiary/aromatic N) is 2. The number of urea groups is 1. The molecule has 0 spiro atoms. The van der Waals surface area contributed by atoms with Gasteiger partial charge >= 0.3 is 6.03 Å². The van der Waals surface area contributed by atoms with E-state index in [0.717, 1.165) is 56.1 Å². The molecule has 0 radical (unpaired) electrons. The molecule has 2 aromatic carbocycles. The Balaban J connectivity index is 1.45. The topological polar surface area (TPSA) is 44.8 Å². The van der Waals surface area contributed by atoms with E-state index < -0.39 is 0 Å². The number of aryl methyl sites for hydroxylation is 1. The number of hydrogen-bond donors (Lipinski definition) is 1. The summed E-state index contributed by atoms with van der Waals surface area (Å²) in [5, 5.41) is 3.06. The van der Waals surface area contributed by atoms with Crippen molar-refractivity contribution in [3.63, 3.8) is 0 Å². The summed E-state index contributed by atoms with van der Waals surface area (Å²) in [6.45, 7) is 8.47. The average Bonchev–Trinajstić information content (AvgIpc) is 2.70. The van der Waals surface area contributed by atoms with Crippen LogP contribution in [0.3, 0.4) is 0 Å². The van der Waals surface area contributed by atoms with Gasteiger partial charge in [0.15, 0.2) is 0 Å². The maximum atomic E-state index is 12.6. The molecule has 1 fully saturated rings. The van der Waals surface area contributed by atoms with Gasteiger partial charge < -0.3 is 15.0 Å². The summed E-state index contributed by atoms with van der Waals surface area (Å²) in [5.41, 5.74) is 4.54. The van der Waals surface area contributed by atoms with Crippen LogP contribution in [0, 0.1) is 13.8 Å². The number of ether oxygens (including phenoxy) is 1. The first-order valence-electron chi connectivity index (χ1n) is 9.54. The van der Waals surface area contributed by atoms with Gasteiger partial charge in [-0.05, 0) is 55.2 Å². The van der Waals surface area contributed by atoms with E-state index >= 15 is 0 Å². The highest BCUT2D eigenvalue weighted by atomic mass is 16.5. The summed E-state index contributed by atoms with van der Waals surface area (Å²) in [5.74, 6) is 0.891. The van der Waals surface area contributed by atoms with E-state index in [9.17, 15) is 4.79 Å². The first kappa shape index (κ1) is 19.2. The summed E-state index contributed by atoms with van der Waals surface area (Å²) in [6, 6.07) is 14.3. The maximum Gasteiger partial charge on any atom is 0.321 e. The van der Waals surface area contributed by atoms with Crippen LogP contribution in [0.15, 0.2) is 42.5 Å². The molecule has 1 heterocycles. The molecule has 1 aliphatic heterocycles. The summed E-state index contributed by atoms with van der Waals surface area (Å²) in [4.78, 5) is 16.9. The van der Waals surface area contributed by atoms with Gasteiger partial charge in [0.2, 0.25) is 0 Å². The fraction of sp³-hybridized carbons (Fsp3) is 0.409. The number of anilines is 1. The molecule has 2 aromatic rings. The molecule has 0 saturated carbocycles. The fourth-order valence-corrected chi connectivity index (χ4v) is 3.33. The average molecular weight is 367 g/mol. The number of hydrogen-bond acceptors (Lipinski definition) is 3. The highest BCUT2D eigenvalue weighted by Crippen LogP contribution is 2.19. The number of rotatable bonds is 5. The van der Waals surface area contributed by atoms with Crippen molar-refractivity contribution < 1.29 is 9.53 Å². The number of carbonyl (C=O) groups excluding carboxylic acids is 1. The van der Waals surface area contributed by atoms with Crippen molar-refractivity contribution in [3.8, 4) is 5.75 Å². The molecular weight excluding hydrogens is 338 g/mol. The van der Waals surface area contributed by atoms with Crippen molar-refractivity contribution in [2.24, 2.45) is 0 Å². The van der Waals surface area contributed by atoms with Crippen molar-refractivity contribution in [2.45, 2.75) is 20.3 Å². The zero-order chi connectivity index (χ0) is 19.2. The highest BCUT2D eigenvalue weighted by Gasteiger charge is 2.21. The van der Waals surface area contributed by atoms with Crippen molar-refractivity contribution >= 4 is 11.7 Å². The second-order valence-electron chi connectivity index (χ2n) is 7.10. The predicted octanol–water partition coefficient (Wildman–Crippen LogP) is 3.70. The number of amides is 2. The van der Waals surface area contributed by atoms with Crippen LogP contribution in [0.2, 0.25) is 0 Å². The molecule has 1 aliphatic rings. The highest BCUT2D eigenvalue weighted by molar-refractivity contribution is 5.90. The lowest BCUT2D eigenvalue weighted by molar-refractivity contribution is 0.148. The molecule has 0 bridgehead atoms. The van der Waals surface area contributed by atoms with Gasteiger partial charge in [-0.25, -0.2) is 4.79 Å². The van der Waals surface area contributed by atoms with Crippen LogP contribution in [-0.4, -0.2) is 55.7 Å². The number of carbonyl (C=O) groups is 1. The van der Waals surface area contributed by atoms with Crippen molar-refractivity contribution in [1.29, 1.82) is 0 Å². The van der Waals surface area contributed by atoms with E-state index in [1.807, 2.05) is 36.1 Å². The molecule has 2 amide bonds. The molecule has 1 N–H and O–H groups in total. The molecule has 0 atom stereocenters. The largest absolute Gasteiger partial charge is 0.497 e. The van der Waals surface area contributed by atoms with Crippen molar-refractivity contribution in [3.05, 3.63) is 59.2 Å². The van der Waals surface area contributed by atoms with E-state index in [4.69, 9.17) is 4.74 Å². The minimum atomic E-state index is -0.00138. The first-order valence-corrected chi connectivity index (χ1v) is 9.54. The molecular formula is C22H29N3O2. The monoisotopic (exact) mass is 367 g/mol. The summed E-state index contributed by atoms with van der Waals surface area (Å²) < 4.78 is 5.20. The third-order valence-electron chi connectivity index (χ3n) is 5.38. The molecule has 5 nitrogen and oxygen atoms in total. The van der Waals surface area contributed by atoms with E-state index in [2.05, 4.69) is 35.3 Å². The van der Waals surface area contributed by atoms with E-state index in [0.29, 0.717) is 0 Å². The Labute approximate surface area is 161 Å². The van der Waals surface area contributed by atoms with Crippen LogP contribution < -0.4 is 10.1 Å². The molecule has 1 saturated heterocycles. The van der Waals surface area contributed by atoms with E-state index in [1.165, 1.54) is 11.1 Å². The Morgan fingerprint density at radius 1 is 1.04 bits per heavy atom. The SMILES string of the molecule is COc1ccc(CCN2CCN(C(=O)Nc3cccc(C)c3C)CC2)cc1. The standard InChI is InChI=1S/C22H29N3O2/c1-17-5-4-6-21(18(17)2)23-22(26)25-15-13-24(14-16-25)12-11-19-7-9-20(27-3)10-8-19/h4-10H,11-16H2,1-3H3,(H,23,26). The molecule has 144 valence electrons. The second-order valence-corrected chi connectivity index (χ2v) is 7.10. The smallest absolute Gasteiger partial charge is 0.321 e. The van der Waals surface area contributed by atoms with Gasteiger partial charge in [-0.3, -0.25) is 4.90 Å². The van der Waals surface area contributed by atoms with Crippen LogP contribution in [0.4, 0.5) is 10.5 Å². The van der Waals surface area contributed by atoms with E-state index in [-0.39, 0.29) is 6.03 Å². The Morgan fingerprint density at radius 2 is 1.74 bits per heavy atom. The van der Waals surface area contributed by atoms with Crippen LogP contribution >= 0.6 is 0 Å². The van der Waals surface area contributed by atoms with Crippen LogP contribution in [0.25, 0.3) is 0 Å². The van der Waals surface area contributed by atoms with Crippen molar-refractivity contribution in [1.82, 2.24) is 9.80 Å². The lowest BCUT2D eigenvalue weighted by Gasteiger charge is -2.34. The fourth-order valence-electron chi connectivity index (χ4n) is 3.33. The Kier molecular flexibility index (Phi) is 6.35. The quantitative estimate of drug-likeness (QED) is 0.876. The second kappa shape index (κ2) is 8.91. The Bertz CT molecular complexity index is 766. The third-order valence-corrected chi connectivity index (χ3v) is 5.38. The van der Waals surface area contributed by atoms with Gasteiger partial charge in [0.05, 0.1) is 7.11 Å². The van der Waals surface area contributed by atoms with Gasteiger partial charge in [-0.1, -0.05) is 24.3 Å². The van der Waals surface area contributed by atoms with Gasteiger partial charge in [-0.15, -0.1) is 0 Å². The Hall–Kier alpha value is -2.53. The Morgan fingerprint density at radius 3 is 2.41 bits per heavy atom. The van der Waals surface area contributed by atoms with Crippen molar-refractivity contribution in [2.75, 3.05) is 45.2 Å². The van der Waals surface area contributed by atoms with Crippen LogP contribution in [0.5, 0.6) is 5.75 Å². The van der Waals surface area contributed by atoms with Crippen LogP contribution in [-0.2, 0) is 6.42 Å². The normalized spacial score (nSPS) is 14.9. The van der Waals surface area contributed by atoms with E-state index in [1.54, 1.807) is 7.11 Å². The number of benzene rings is 2. The number of nitrogens with one attached hydrogen (secondary N) is 1. The minimum absolute atomic E-state index is 0.00138. The lowest BCUT2D eigenvalue weighted by atomic mass is 10.1. The van der Waals surface area contributed by atoms with Gasteiger partial charge in [-0.2, -0.15) is 0 Å².